The molecule has 3 aromatic rings. The molecule has 0 fully saturated rings. The Balaban J connectivity index is 1.58. The van der Waals surface area contributed by atoms with Crippen LogP contribution in [-0.4, -0.2) is 11.6 Å². The number of nitrogens with one attached hydrogen (secondary N) is 1. The van der Waals surface area contributed by atoms with Crippen molar-refractivity contribution in [3.05, 3.63) is 99.0 Å². The van der Waals surface area contributed by atoms with Crippen LogP contribution < -0.4 is 10.2 Å². The van der Waals surface area contributed by atoms with E-state index in [9.17, 15) is 4.79 Å². The van der Waals surface area contributed by atoms with Gasteiger partial charge in [0, 0.05) is 15.1 Å². The van der Waals surface area contributed by atoms with Gasteiger partial charge in [0.05, 0.1) is 5.71 Å². The highest BCUT2D eigenvalue weighted by Gasteiger charge is 2.05. The van der Waals surface area contributed by atoms with E-state index in [-0.39, 0.29) is 5.91 Å². The third kappa shape index (κ3) is 5.68. The Labute approximate surface area is 177 Å². The zero-order valence-corrected chi connectivity index (χ0v) is 17.5. The second-order valence-electron chi connectivity index (χ2n) is 6.09. The van der Waals surface area contributed by atoms with Gasteiger partial charge in [0.25, 0.3) is 5.91 Å². The summed E-state index contributed by atoms with van der Waals surface area (Å²) < 4.78 is 6.62. The molecule has 0 aromatic heterocycles. The van der Waals surface area contributed by atoms with E-state index >= 15 is 0 Å². The number of amides is 1. The van der Waals surface area contributed by atoms with Gasteiger partial charge in [0.15, 0.2) is 0 Å². The lowest BCUT2D eigenvalue weighted by molar-refractivity contribution is 0.0955. The molecule has 142 valence electrons. The first-order valence-corrected chi connectivity index (χ1v) is 9.76. The molecule has 0 radical (unpaired) electrons. The van der Waals surface area contributed by atoms with Crippen molar-refractivity contribution in [3.8, 4) is 5.75 Å². The van der Waals surface area contributed by atoms with Crippen LogP contribution in [0.3, 0.4) is 0 Å². The minimum atomic E-state index is -0.261. The van der Waals surface area contributed by atoms with E-state index in [0.717, 1.165) is 21.3 Å². The average molecular weight is 458 g/mol. The molecule has 3 rings (SSSR count). The van der Waals surface area contributed by atoms with Crippen molar-refractivity contribution >= 4 is 39.1 Å². The van der Waals surface area contributed by atoms with Gasteiger partial charge in [0.2, 0.25) is 0 Å². The lowest BCUT2D eigenvalue weighted by Crippen LogP contribution is -2.19. The van der Waals surface area contributed by atoms with Crippen molar-refractivity contribution in [1.29, 1.82) is 0 Å². The molecular formula is C22H18BrClN2O2. The standard InChI is InChI=1S/C22H18BrClN2O2/c1-15(25-26-22(27)18-3-2-4-19(23)13-18)17-7-11-21(12-8-17)28-14-16-5-9-20(24)10-6-16/h2-13H,14H2,1H3,(H,26,27)/b25-15+. The summed E-state index contributed by atoms with van der Waals surface area (Å²) in [5, 5.41) is 4.88. The molecule has 1 amide bonds. The van der Waals surface area contributed by atoms with Crippen molar-refractivity contribution in [3.63, 3.8) is 0 Å². The summed E-state index contributed by atoms with van der Waals surface area (Å²) in [4.78, 5) is 12.2. The number of rotatable bonds is 6. The quantitative estimate of drug-likeness (QED) is 0.374. The number of benzene rings is 3. The molecular weight excluding hydrogens is 440 g/mol. The number of halogens is 2. The van der Waals surface area contributed by atoms with Crippen LogP contribution in [0.25, 0.3) is 0 Å². The number of hydrogen-bond donors (Lipinski definition) is 1. The van der Waals surface area contributed by atoms with Crippen LogP contribution in [0.15, 0.2) is 82.4 Å². The predicted molar refractivity (Wildman–Crippen MR) is 116 cm³/mol. The zero-order chi connectivity index (χ0) is 19.9. The van der Waals surface area contributed by atoms with Gasteiger partial charge in [0.1, 0.15) is 12.4 Å². The van der Waals surface area contributed by atoms with Gasteiger partial charge in [-0.25, -0.2) is 5.43 Å². The van der Waals surface area contributed by atoms with Crippen LogP contribution in [0.5, 0.6) is 5.75 Å². The van der Waals surface area contributed by atoms with Crippen LogP contribution in [0.2, 0.25) is 5.02 Å². The number of carbonyl (C=O) groups is 1. The Morgan fingerprint density at radius 2 is 1.75 bits per heavy atom. The van der Waals surface area contributed by atoms with Crippen molar-refractivity contribution in [2.24, 2.45) is 5.10 Å². The van der Waals surface area contributed by atoms with E-state index in [4.69, 9.17) is 16.3 Å². The molecule has 0 aliphatic heterocycles. The first kappa shape index (κ1) is 20.1. The average Bonchev–Trinajstić information content (AvgIpc) is 2.71. The molecule has 0 saturated carbocycles. The Bertz CT molecular complexity index is 986. The van der Waals surface area contributed by atoms with Crippen LogP contribution in [0, 0.1) is 0 Å². The Morgan fingerprint density at radius 3 is 2.43 bits per heavy atom. The van der Waals surface area contributed by atoms with Crippen molar-refractivity contribution in [2.75, 3.05) is 0 Å². The number of hydrogen-bond acceptors (Lipinski definition) is 3. The molecule has 0 saturated heterocycles. The Hall–Kier alpha value is -2.63. The lowest BCUT2D eigenvalue weighted by atomic mass is 10.1. The zero-order valence-electron chi connectivity index (χ0n) is 15.2. The molecule has 3 aromatic carbocycles. The van der Waals surface area contributed by atoms with E-state index in [2.05, 4.69) is 26.5 Å². The Kier molecular flexibility index (Phi) is 6.85. The van der Waals surface area contributed by atoms with Crippen LogP contribution in [0.4, 0.5) is 0 Å². The van der Waals surface area contributed by atoms with E-state index in [1.807, 2.05) is 61.5 Å². The van der Waals surface area contributed by atoms with Gasteiger partial charge in [-0.15, -0.1) is 0 Å². The third-order valence-electron chi connectivity index (χ3n) is 4.00. The minimum Gasteiger partial charge on any atom is -0.489 e. The maximum Gasteiger partial charge on any atom is 0.271 e. The maximum atomic E-state index is 12.2. The first-order chi connectivity index (χ1) is 13.5. The topological polar surface area (TPSA) is 50.7 Å². The normalized spacial score (nSPS) is 11.2. The third-order valence-corrected chi connectivity index (χ3v) is 4.75. The van der Waals surface area contributed by atoms with E-state index in [1.54, 1.807) is 18.2 Å². The van der Waals surface area contributed by atoms with E-state index < -0.39 is 0 Å². The Morgan fingerprint density at radius 1 is 1.04 bits per heavy atom. The second kappa shape index (κ2) is 9.53. The lowest BCUT2D eigenvalue weighted by Gasteiger charge is -2.08. The smallest absolute Gasteiger partial charge is 0.271 e. The van der Waals surface area contributed by atoms with E-state index in [1.165, 1.54) is 0 Å². The maximum absolute atomic E-state index is 12.2. The molecule has 0 heterocycles. The predicted octanol–water partition coefficient (Wildman–Crippen LogP) is 5.84. The monoisotopic (exact) mass is 456 g/mol. The fraction of sp³-hybridized carbons (Fsp3) is 0.0909. The summed E-state index contributed by atoms with van der Waals surface area (Å²) >= 11 is 9.23. The van der Waals surface area contributed by atoms with Crippen LogP contribution in [-0.2, 0) is 6.61 Å². The van der Waals surface area contributed by atoms with Gasteiger partial charge >= 0.3 is 0 Å². The largest absolute Gasteiger partial charge is 0.489 e. The summed E-state index contributed by atoms with van der Waals surface area (Å²) in [6, 6.07) is 22.2. The molecule has 0 spiro atoms. The second-order valence-corrected chi connectivity index (χ2v) is 7.44. The highest BCUT2D eigenvalue weighted by Crippen LogP contribution is 2.16. The van der Waals surface area contributed by atoms with Crippen LogP contribution in [0.1, 0.15) is 28.4 Å². The number of nitrogens with zero attached hydrogens (tertiary/aromatic N) is 1. The molecule has 0 atom stereocenters. The summed E-state index contributed by atoms with van der Waals surface area (Å²) in [5.74, 6) is 0.494. The fourth-order valence-corrected chi connectivity index (χ4v) is 2.96. The SMILES string of the molecule is C/C(=N\NC(=O)c1cccc(Br)c1)c1ccc(OCc2ccc(Cl)cc2)cc1. The van der Waals surface area contributed by atoms with Gasteiger partial charge in [-0.3, -0.25) is 4.79 Å². The van der Waals surface area contributed by atoms with Crippen molar-refractivity contribution < 1.29 is 9.53 Å². The molecule has 4 nitrogen and oxygen atoms in total. The fourth-order valence-electron chi connectivity index (χ4n) is 2.43. The first-order valence-electron chi connectivity index (χ1n) is 8.59. The summed E-state index contributed by atoms with van der Waals surface area (Å²) in [6.07, 6.45) is 0. The highest BCUT2D eigenvalue weighted by atomic mass is 79.9. The number of hydrazone groups is 1. The van der Waals surface area contributed by atoms with Gasteiger partial charge in [-0.1, -0.05) is 45.7 Å². The van der Waals surface area contributed by atoms with Gasteiger partial charge < -0.3 is 4.74 Å². The van der Waals surface area contributed by atoms with Gasteiger partial charge in [-0.05, 0) is 72.6 Å². The highest BCUT2D eigenvalue weighted by molar-refractivity contribution is 9.10. The molecule has 0 bridgehead atoms. The summed E-state index contributed by atoms with van der Waals surface area (Å²) in [7, 11) is 0. The molecule has 1 N–H and O–H groups in total. The number of carbonyl (C=O) groups excluding carboxylic acids is 1. The van der Waals surface area contributed by atoms with E-state index in [0.29, 0.717) is 22.9 Å². The summed E-state index contributed by atoms with van der Waals surface area (Å²) in [5.41, 5.74) is 5.76. The molecule has 6 heteroatoms. The summed E-state index contributed by atoms with van der Waals surface area (Å²) in [6.45, 7) is 2.30. The number of ether oxygens (including phenoxy) is 1. The molecule has 28 heavy (non-hydrogen) atoms. The molecule has 0 aliphatic carbocycles. The minimum absolute atomic E-state index is 0.261. The van der Waals surface area contributed by atoms with Crippen molar-refractivity contribution in [1.82, 2.24) is 5.43 Å². The van der Waals surface area contributed by atoms with Crippen LogP contribution >= 0.6 is 27.5 Å². The van der Waals surface area contributed by atoms with Gasteiger partial charge in [-0.2, -0.15) is 5.10 Å². The molecule has 0 aliphatic rings. The van der Waals surface area contributed by atoms with Crippen molar-refractivity contribution in [2.45, 2.75) is 13.5 Å². The molecule has 0 unspecified atom stereocenters.